The first kappa shape index (κ1) is 14.8. The Balaban J connectivity index is 2.20. The summed E-state index contributed by atoms with van der Waals surface area (Å²) in [5, 5.41) is 14.1. The van der Waals surface area contributed by atoms with Crippen LogP contribution in [0, 0.1) is 0 Å². The van der Waals surface area contributed by atoms with Gasteiger partial charge in [0.25, 0.3) is 0 Å². The second-order valence-corrected chi connectivity index (χ2v) is 4.89. The molecule has 23 heavy (non-hydrogen) atoms. The van der Waals surface area contributed by atoms with Crippen molar-refractivity contribution < 1.29 is 19.4 Å². The third-order valence-corrected chi connectivity index (χ3v) is 3.43. The lowest BCUT2D eigenvalue weighted by atomic mass is 10.0. The number of aromatic nitrogens is 1. The number of nitrogens with one attached hydrogen (secondary N) is 1. The van der Waals surface area contributed by atoms with E-state index in [1.807, 2.05) is 18.2 Å². The number of benzene rings is 2. The molecule has 0 fully saturated rings. The number of nitrogens with zero attached hydrogens (tertiary/aromatic N) is 1. The highest BCUT2D eigenvalue weighted by Gasteiger charge is 2.15. The molecule has 0 aliphatic carbocycles. The van der Waals surface area contributed by atoms with E-state index in [9.17, 15) is 14.7 Å². The molecule has 3 aromatic rings. The Hall–Kier alpha value is -3.15. The molecule has 2 aromatic carbocycles. The van der Waals surface area contributed by atoms with Crippen LogP contribution in [0.3, 0.4) is 0 Å². The van der Waals surface area contributed by atoms with Crippen LogP contribution in [0.5, 0.6) is 0 Å². The average Bonchev–Trinajstić information content (AvgIpc) is 2.54. The summed E-state index contributed by atoms with van der Waals surface area (Å²) in [6.07, 6.45) is -0.586. The Morgan fingerprint density at radius 2 is 1.91 bits per heavy atom. The van der Waals surface area contributed by atoms with E-state index >= 15 is 0 Å². The van der Waals surface area contributed by atoms with Crippen LogP contribution in [0.4, 0.5) is 10.5 Å². The van der Waals surface area contributed by atoms with E-state index in [2.05, 4.69) is 10.3 Å². The number of carbonyl (C=O) groups is 2. The lowest BCUT2D eigenvalue weighted by Crippen LogP contribution is -2.13. The van der Waals surface area contributed by atoms with Crippen LogP contribution in [0.1, 0.15) is 17.4 Å². The first-order chi connectivity index (χ1) is 11.1. The van der Waals surface area contributed by atoms with Gasteiger partial charge in [-0.3, -0.25) is 5.32 Å². The molecule has 0 atom stereocenters. The molecule has 1 heterocycles. The van der Waals surface area contributed by atoms with Gasteiger partial charge in [-0.05, 0) is 30.5 Å². The lowest BCUT2D eigenvalue weighted by molar-refractivity contribution is 0.0693. The zero-order valence-electron chi connectivity index (χ0n) is 12.4. The number of rotatable bonds is 3. The minimum Gasteiger partial charge on any atom is -0.476 e. The summed E-state index contributed by atoms with van der Waals surface area (Å²) in [7, 11) is 0. The molecule has 1 aromatic heterocycles. The van der Waals surface area contributed by atoms with E-state index in [0.717, 1.165) is 10.8 Å². The highest BCUT2D eigenvalue weighted by Crippen LogP contribution is 2.29. The molecule has 0 aliphatic heterocycles. The number of fused-ring (bicyclic) bond motifs is 3. The first-order valence-electron chi connectivity index (χ1n) is 7.09. The third kappa shape index (κ3) is 2.78. The molecule has 0 saturated carbocycles. The van der Waals surface area contributed by atoms with Crippen molar-refractivity contribution in [3.63, 3.8) is 0 Å². The number of hydrogen-bond acceptors (Lipinski definition) is 4. The van der Waals surface area contributed by atoms with E-state index in [4.69, 9.17) is 4.74 Å². The Labute approximate surface area is 131 Å². The van der Waals surface area contributed by atoms with Crippen LogP contribution in [-0.4, -0.2) is 28.8 Å². The molecule has 0 spiro atoms. The molecule has 0 saturated heterocycles. The molecular weight excluding hydrogens is 296 g/mol. The van der Waals surface area contributed by atoms with Gasteiger partial charge in [-0.25, -0.2) is 14.6 Å². The second kappa shape index (κ2) is 5.92. The molecule has 1 amide bonds. The number of hydrogen-bond donors (Lipinski definition) is 2. The maximum absolute atomic E-state index is 11.5. The predicted molar refractivity (Wildman–Crippen MR) is 86.9 cm³/mol. The van der Waals surface area contributed by atoms with E-state index in [0.29, 0.717) is 16.6 Å². The van der Waals surface area contributed by atoms with Gasteiger partial charge >= 0.3 is 12.1 Å². The van der Waals surface area contributed by atoms with Gasteiger partial charge in [-0.1, -0.05) is 24.3 Å². The lowest BCUT2D eigenvalue weighted by Gasteiger charge is -2.10. The number of carbonyl (C=O) groups excluding carboxylic acids is 1. The fraction of sp³-hybridized carbons (Fsp3) is 0.118. The monoisotopic (exact) mass is 310 g/mol. The average molecular weight is 310 g/mol. The number of para-hydroxylation sites is 1. The SMILES string of the molecule is CCOC(=O)Nc1ccc2c(c1)c(C(=O)O)nc1ccccc12. The summed E-state index contributed by atoms with van der Waals surface area (Å²) in [6, 6.07) is 12.4. The molecule has 0 unspecified atom stereocenters. The van der Waals surface area contributed by atoms with Crippen molar-refractivity contribution in [2.45, 2.75) is 6.92 Å². The van der Waals surface area contributed by atoms with Crippen LogP contribution in [-0.2, 0) is 4.74 Å². The predicted octanol–water partition coefficient (Wildman–Crippen LogP) is 3.65. The van der Waals surface area contributed by atoms with Gasteiger partial charge in [0, 0.05) is 16.5 Å². The number of pyridine rings is 1. The van der Waals surface area contributed by atoms with Crippen LogP contribution < -0.4 is 5.32 Å². The first-order valence-corrected chi connectivity index (χ1v) is 7.09. The summed E-state index contributed by atoms with van der Waals surface area (Å²) in [5.41, 5.74) is 1.02. The Kier molecular flexibility index (Phi) is 3.80. The molecule has 6 heteroatoms. The van der Waals surface area contributed by atoms with Gasteiger partial charge < -0.3 is 9.84 Å². The van der Waals surface area contributed by atoms with E-state index in [1.165, 1.54) is 0 Å². The Bertz CT molecular complexity index is 921. The van der Waals surface area contributed by atoms with Crippen LogP contribution in [0.2, 0.25) is 0 Å². The standard InChI is InChI=1S/C17H14N2O4/c1-2-23-17(22)18-10-7-8-11-12-5-3-4-6-14(12)19-15(16(20)21)13(11)9-10/h3-9H,2H2,1H3,(H,18,22)(H,20,21). The molecular formula is C17H14N2O4. The van der Waals surface area contributed by atoms with Gasteiger partial charge in [-0.2, -0.15) is 0 Å². The number of carboxylic acid groups (broad SMARTS) is 1. The summed E-state index contributed by atoms with van der Waals surface area (Å²) >= 11 is 0. The second-order valence-electron chi connectivity index (χ2n) is 4.89. The third-order valence-electron chi connectivity index (χ3n) is 3.43. The molecule has 6 nitrogen and oxygen atoms in total. The summed E-state index contributed by atoms with van der Waals surface area (Å²) in [6.45, 7) is 1.96. The molecule has 0 radical (unpaired) electrons. The Morgan fingerprint density at radius 1 is 1.13 bits per heavy atom. The van der Waals surface area contributed by atoms with E-state index in [-0.39, 0.29) is 12.3 Å². The highest BCUT2D eigenvalue weighted by atomic mass is 16.5. The van der Waals surface area contributed by atoms with Crippen molar-refractivity contribution in [1.29, 1.82) is 0 Å². The van der Waals surface area contributed by atoms with Crippen molar-refractivity contribution in [1.82, 2.24) is 4.98 Å². The van der Waals surface area contributed by atoms with Crippen LogP contribution in [0.25, 0.3) is 21.7 Å². The molecule has 2 N–H and O–H groups in total. The maximum atomic E-state index is 11.5. The number of ether oxygens (including phenoxy) is 1. The van der Waals surface area contributed by atoms with Gasteiger partial charge in [-0.15, -0.1) is 0 Å². The number of anilines is 1. The smallest absolute Gasteiger partial charge is 0.411 e. The number of carboxylic acids is 1. The van der Waals surface area contributed by atoms with E-state index < -0.39 is 12.1 Å². The van der Waals surface area contributed by atoms with E-state index in [1.54, 1.807) is 31.2 Å². The zero-order valence-corrected chi connectivity index (χ0v) is 12.4. The van der Waals surface area contributed by atoms with Crippen molar-refractivity contribution in [3.8, 4) is 0 Å². The molecule has 116 valence electrons. The Morgan fingerprint density at radius 3 is 2.65 bits per heavy atom. The summed E-state index contributed by atoms with van der Waals surface area (Å²) < 4.78 is 4.82. The van der Waals surface area contributed by atoms with Gasteiger partial charge in [0.2, 0.25) is 0 Å². The van der Waals surface area contributed by atoms with Crippen molar-refractivity contribution in [2.24, 2.45) is 0 Å². The number of amides is 1. The molecule has 0 bridgehead atoms. The minimum atomic E-state index is -1.12. The minimum absolute atomic E-state index is 0.0498. The van der Waals surface area contributed by atoms with Gasteiger partial charge in [0.05, 0.1) is 12.1 Å². The summed E-state index contributed by atoms with van der Waals surface area (Å²) in [4.78, 5) is 27.3. The zero-order chi connectivity index (χ0) is 16.4. The van der Waals surface area contributed by atoms with Crippen LogP contribution >= 0.6 is 0 Å². The topological polar surface area (TPSA) is 88.5 Å². The van der Waals surface area contributed by atoms with Gasteiger partial charge in [0.1, 0.15) is 0 Å². The van der Waals surface area contributed by atoms with Crippen LogP contribution in [0.15, 0.2) is 42.5 Å². The summed E-state index contributed by atoms with van der Waals surface area (Å²) in [5.74, 6) is -1.12. The largest absolute Gasteiger partial charge is 0.476 e. The molecule has 0 aliphatic rings. The highest BCUT2D eigenvalue weighted by molar-refractivity contribution is 6.13. The van der Waals surface area contributed by atoms with Crippen molar-refractivity contribution in [2.75, 3.05) is 11.9 Å². The normalized spacial score (nSPS) is 10.7. The van der Waals surface area contributed by atoms with Crippen molar-refractivity contribution >= 4 is 39.4 Å². The fourth-order valence-electron chi connectivity index (χ4n) is 2.48. The molecule has 3 rings (SSSR count). The quantitative estimate of drug-likeness (QED) is 0.721. The van der Waals surface area contributed by atoms with Gasteiger partial charge in [0.15, 0.2) is 5.69 Å². The maximum Gasteiger partial charge on any atom is 0.411 e. The number of aromatic carboxylic acids is 1. The van der Waals surface area contributed by atoms with Crippen molar-refractivity contribution in [3.05, 3.63) is 48.2 Å². The fourth-order valence-corrected chi connectivity index (χ4v) is 2.48.